The fourth-order valence-electron chi connectivity index (χ4n) is 2.90. The molecular weight excluding hydrogens is 348 g/mol. The van der Waals surface area contributed by atoms with Crippen LogP contribution in [0.5, 0.6) is 0 Å². The average molecular weight is 362 g/mol. The Morgan fingerprint density at radius 2 is 1.96 bits per heavy atom. The molecule has 3 aromatic heterocycles. The van der Waals surface area contributed by atoms with Gasteiger partial charge in [-0.05, 0) is 18.2 Å². The van der Waals surface area contributed by atoms with Gasteiger partial charge < -0.3 is 5.32 Å². The third kappa shape index (κ3) is 2.95. The van der Waals surface area contributed by atoms with E-state index >= 15 is 0 Å². The van der Waals surface area contributed by atoms with Gasteiger partial charge in [-0.2, -0.15) is 0 Å². The maximum absolute atomic E-state index is 12.8. The number of hydrogen-bond acceptors (Lipinski definition) is 6. The zero-order valence-corrected chi connectivity index (χ0v) is 14.3. The number of nitrogens with one attached hydrogen (secondary N) is 1. The second-order valence-corrected chi connectivity index (χ2v) is 5.91. The molecule has 0 saturated heterocycles. The van der Waals surface area contributed by atoms with Crippen LogP contribution in [0, 0.1) is 0 Å². The third-order valence-electron chi connectivity index (χ3n) is 4.05. The minimum absolute atomic E-state index is 0.0839. The minimum Gasteiger partial charge on any atom is -0.309 e. The van der Waals surface area contributed by atoms with Crippen molar-refractivity contribution in [3.63, 3.8) is 0 Å². The molecule has 0 fully saturated rings. The fourth-order valence-corrected chi connectivity index (χ4v) is 2.90. The van der Waals surface area contributed by atoms with Gasteiger partial charge in [-0.15, -0.1) is 5.10 Å². The van der Waals surface area contributed by atoms with Crippen LogP contribution in [0.15, 0.2) is 53.7 Å². The van der Waals surface area contributed by atoms with Crippen molar-refractivity contribution in [3.8, 4) is 0 Å². The molecular formula is C18H14N6O3. The Morgan fingerprint density at radius 3 is 2.70 bits per heavy atom. The number of rotatable bonds is 4. The highest BCUT2D eigenvalue weighted by Gasteiger charge is 2.18. The number of carbonyl (C=O) groups is 2. The number of fused-ring (bicyclic) bond motifs is 3. The summed E-state index contributed by atoms with van der Waals surface area (Å²) in [5, 5.41) is 7.49. The van der Waals surface area contributed by atoms with E-state index < -0.39 is 11.5 Å². The number of anilines is 1. The van der Waals surface area contributed by atoms with Crippen molar-refractivity contribution in [1.82, 2.24) is 24.1 Å². The molecule has 0 aliphatic carbocycles. The quantitative estimate of drug-likeness (QED) is 0.548. The van der Waals surface area contributed by atoms with Gasteiger partial charge in [0.05, 0.1) is 5.52 Å². The van der Waals surface area contributed by atoms with Crippen molar-refractivity contribution in [3.05, 3.63) is 65.1 Å². The van der Waals surface area contributed by atoms with Gasteiger partial charge in [0.2, 0.25) is 11.7 Å². The summed E-state index contributed by atoms with van der Waals surface area (Å²) in [6.07, 6.45) is 2.78. The van der Waals surface area contributed by atoms with Crippen LogP contribution in [0.25, 0.3) is 16.4 Å². The monoisotopic (exact) mass is 362 g/mol. The van der Waals surface area contributed by atoms with Gasteiger partial charge in [0.1, 0.15) is 24.2 Å². The topological polar surface area (TPSA) is 111 Å². The van der Waals surface area contributed by atoms with Gasteiger partial charge in [0.15, 0.2) is 5.78 Å². The first kappa shape index (κ1) is 16.6. The molecule has 27 heavy (non-hydrogen) atoms. The summed E-state index contributed by atoms with van der Waals surface area (Å²) >= 11 is 0. The summed E-state index contributed by atoms with van der Waals surface area (Å²) in [6.45, 7) is 1.02. The molecule has 0 atom stereocenters. The SMILES string of the molecule is CC(=O)c1nn(CC(=O)Nc2ccncn2)c(=O)c2cc3ccccc3n12. The predicted octanol–water partition coefficient (Wildman–Crippen LogP) is 1.28. The molecule has 1 amide bonds. The van der Waals surface area contributed by atoms with Crippen molar-refractivity contribution in [2.75, 3.05) is 5.32 Å². The van der Waals surface area contributed by atoms with Gasteiger partial charge in [0, 0.05) is 18.5 Å². The van der Waals surface area contributed by atoms with E-state index in [0.717, 1.165) is 10.1 Å². The Bertz CT molecular complexity index is 1240. The summed E-state index contributed by atoms with van der Waals surface area (Å²) in [6, 6.07) is 10.5. The van der Waals surface area contributed by atoms with Gasteiger partial charge >= 0.3 is 0 Å². The fraction of sp³-hybridized carbons (Fsp3) is 0.111. The number of Topliss-reactive ketones (excluding diaryl/α,β-unsaturated/α-hetero) is 1. The lowest BCUT2D eigenvalue weighted by Gasteiger charge is -2.09. The molecule has 0 radical (unpaired) electrons. The van der Waals surface area contributed by atoms with E-state index in [2.05, 4.69) is 20.4 Å². The summed E-state index contributed by atoms with van der Waals surface area (Å²) in [5.74, 6) is -0.408. The lowest BCUT2D eigenvalue weighted by atomic mass is 10.2. The Labute approximate surface area is 152 Å². The van der Waals surface area contributed by atoms with Gasteiger partial charge in [-0.3, -0.25) is 18.8 Å². The Kier molecular flexibility index (Phi) is 3.96. The van der Waals surface area contributed by atoms with Crippen LogP contribution >= 0.6 is 0 Å². The van der Waals surface area contributed by atoms with Gasteiger partial charge in [-0.25, -0.2) is 14.6 Å². The van der Waals surface area contributed by atoms with Crippen LogP contribution in [0.3, 0.4) is 0 Å². The molecule has 9 heteroatoms. The Morgan fingerprint density at radius 1 is 1.15 bits per heavy atom. The molecule has 0 spiro atoms. The van der Waals surface area contributed by atoms with Crippen molar-refractivity contribution >= 4 is 33.9 Å². The molecule has 134 valence electrons. The van der Waals surface area contributed by atoms with Crippen molar-refractivity contribution in [2.24, 2.45) is 0 Å². The number of aromatic nitrogens is 5. The maximum atomic E-state index is 12.8. The highest BCUT2D eigenvalue weighted by molar-refractivity contribution is 5.96. The van der Waals surface area contributed by atoms with Gasteiger partial charge in [-0.1, -0.05) is 18.2 Å². The van der Waals surface area contributed by atoms with Crippen LogP contribution in [0.4, 0.5) is 5.82 Å². The Hall–Kier alpha value is -3.88. The molecule has 4 rings (SSSR count). The van der Waals surface area contributed by atoms with Crippen molar-refractivity contribution < 1.29 is 9.59 Å². The smallest absolute Gasteiger partial charge is 0.291 e. The van der Waals surface area contributed by atoms with Crippen LogP contribution in [-0.4, -0.2) is 35.8 Å². The molecule has 1 N–H and O–H groups in total. The highest BCUT2D eigenvalue weighted by Crippen LogP contribution is 2.19. The number of ketones is 1. The van der Waals surface area contributed by atoms with E-state index in [1.54, 1.807) is 6.07 Å². The summed E-state index contributed by atoms with van der Waals surface area (Å²) in [4.78, 5) is 44.9. The second-order valence-electron chi connectivity index (χ2n) is 5.91. The Balaban J connectivity index is 1.81. The van der Waals surface area contributed by atoms with E-state index in [1.807, 2.05) is 24.3 Å². The molecule has 3 heterocycles. The molecule has 0 aliphatic heterocycles. The van der Waals surface area contributed by atoms with E-state index in [4.69, 9.17) is 0 Å². The average Bonchev–Trinajstić information content (AvgIpc) is 3.04. The zero-order chi connectivity index (χ0) is 19.0. The predicted molar refractivity (Wildman–Crippen MR) is 97.6 cm³/mol. The first-order valence-electron chi connectivity index (χ1n) is 8.13. The molecule has 0 saturated carbocycles. The molecule has 0 unspecified atom stereocenters. The normalized spacial score (nSPS) is 11.0. The first-order valence-corrected chi connectivity index (χ1v) is 8.13. The lowest BCUT2D eigenvalue weighted by molar-refractivity contribution is -0.117. The number of hydrogen-bond donors (Lipinski definition) is 1. The molecule has 4 aromatic rings. The standard InChI is InChI=1S/C18H14N6O3/c1-11(25)17-22-23(9-16(26)21-15-6-7-19-10-20-15)18(27)14-8-12-4-2-3-5-13(12)24(14)17/h2-8,10H,9H2,1H3,(H,19,20,21,26). The van der Waals surface area contributed by atoms with Crippen LogP contribution in [0.2, 0.25) is 0 Å². The summed E-state index contributed by atoms with van der Waals surface area (Å²) in [7, 11) is 0. The van der Waals surface area contributed by atoms with Gasteiger partial charge in [0.25, 0.3) is 5.56 Å². The van der Waals surface area contributed by atoms with Crippen LogP contribution in [-0.2, 0) is 11.3 Å². The molecule has 0 bridgehead atoms. The number of para-hydroxylation sites is 1. The summed E-state index contributed by atoms with van der Waals surface area (Å²) < 4.78 is 2.51. The lowest BCUT2D eigenvalue weighted by Crippen LogP contribution is -2.33. The van der Waals surface area contributed by atoms with Crippen molar-refractivity contribution in [2.45, 2.75) is 13.5 Å². The number of amides is 1. The van der Waals surface area contributed by atoms with E-state index in [1.165, 1.54) is 29.9 Å². The number of carbonyl (C=O) groups excluding carboxylic acids is 2. The third-order valence-corrected chi connectivity index (χ3v) is 4.05. The molecule has 0 aliphatic rings. The number of benzene rings is 1. The molecule has 9 nitrogen and oxygen atoms in total. The maximum Gasteiger partial charge on any atom is 0.291 e. The number of nitrogens with zero attached hydrogens (tertiary/aromatic N) is 5. The zero-order valence-electron chi connectivity index (χ0n) is 14.3. The van der Waals surface area contributed by atoms with E-state index in [0.29, 0.717) is 11.3 Å². The first-order chi connectivity index (χ1) is 13.0. The minimum atomic E-state index is -0.488. The van der Waals surface area contributed by atoms with Crippen LogP contribution in [0.1, 0.15) is 17.5 Å². The molecule has 1 aromatic carbocycles. The van der Waals surface area contributed by atoms with Crippen LogP contribution < -0.4 is 10.9 Å². The van der Waals surface area contributed by atoms with Crippen molar-refractivity contribution in [1.29, 1.82) is 0 Å². The summed E-state index contributed by atoms with van der Waals surface area (Å²) in [5.41, 5.74) is 0.528. The highest BCUT2D eigenvalue weighted by atomic mass is 16.2. The second kappa shape index (κ2) is 6.45. The van der Waals surface area contributed by atoms with E-state index in [9.17, 15) is 14.4 Å². The largest absolute Gasteiger partial charge is 0.309 e. The van der Waals surface area contributed by atoms with E-state index in [-0.39, 0.29) is 23.7 Å².